The molecule has 0 saturated carbocycles. The van der Waals surface area contributed by atoms with Gasteiger partial charge in [0.15, 0.2) is 0 Å². The Bertz CT molecular complexity index is 400. The molecule has 6 heteroatoms. The summed E-state index contributed by atoms with van der Waals surface area (Å²) < 4.78 is 21.9. The summed E-state index contributed by atoms with van der Waals surface area (Å²) in [5, 5.41) is 9.75. The van der Waals surface area contributed by atoms with Gasteiger partial charge in [-0.05, 0) is 6.07 Å². The van der Waals surface area contributed by atoms with Gasteiger partial charge < -0.3 is 20.3 Å². The molecule has 0 heterocycles. The van der Waals surface area contributed by atoms with Crippen LogP contribution in [0.4, 0.5) is 0 Å². The maximum Gasteiger partial charge on any atom is 0.123 e. The molecule has 3 N–H and O–H groups in total. The third-order valence-corrected chi connectivity index (χ3v) is 3.90. The summed E-state index contributed by atoms with van der Waals surface area (Å²) >= 11 is 0. The van der Waals surface area contributed by atoms with Crippen LogP contribution in [0.1, 0.15) is 5.56 Å². The summed E-state index contributed by atoms with van der Waals surface area (Å²) in [6.07, 6.45) is -0.761. The summed E-state index contributed by atoms with van der Waals surface area (Å²) in [7, 11) is 0.461. The maximum atomic E-state index is 11.5. The van der Waals surface area contributed by atoms with E-state index in [2.05, 4.69) is 0 Å². The fourth-order valence-corrected chi connectivity index (χ4v) is 2.57. The molecular weight excluding hydrogens is 266 g/mol. The number of aliphatic hydroxyl groups is 1. The zero-order valence-electron chi connectivity index (χ0n) is 11.1. The molecule has 1 rings (SSSR count). The average molecular weight is 287 g/mol. The monoisotopic (exact) mass is 287 g/mol. The molecule has 0 aliphatic carbocycles. The third-order valence-electron chi connectivity index (χ3n) is 2.52. The van der Waals surface area contributed by atoms with E-state index in [-0.39, 0.29) is 12.4 Å². The Morgan fingerprint density at radius 1 is 1.42 bits per heavy atom. The van der Waals surface area contributed by atoms with Crippen molar-refractivity contribution < 1.29 is 18.8 Å². The fourth-order valence-electron chi connectivity index (χ4n) is 1.52. The summed E-state index contributed by atoms with van der Waals surface area (Å²) in [6, 6.07) is 7.40. The number of benzene rings is 1. The van der Waals surface area contributed by atoms with E-state index in [1.807, 2.05) is 18.2 Å². The van der Waals surface area contributed by atoms with E-state index in [1.54, 1.807) is 13.2 Å². The van der Waals surface area contributed by atoms with Gasteiger partial charge in [0.1, 0.15) is 12.4 Å². The molecule has 0 amide bonds. The molecule has 1 aromatic carbocycles. The molecule has 0 fully saturated rings. The zero-order chi connectivity index (χ0) is 14.1. The van der Waals surface area contributed by atoms with Gasteiger partial charge >= 0.3 is 0 Å². The van der Waals surface area contributed by atoms with Gasteiger partial charge in [-0.2, -0.15) is 0 Å². The summed E-state index contributed by atoms with van der Waals surface area (Å²) in [5.41, 5.74) is 6.47. The predicted octanol–water partition coefficient (Wildman–Crippen LogP) is 0.280. The molecule has 108 valence electrons. The first-order valence-electron chi connectivity index (χ1n) is 6.10. The van der Waals surface area contributed by atoms with Crippen molar-refractivity contribution in [1.82, 2.24) is 0 Å². The average Bonchev–Trinajstić information content (AvgIpc) is 2.43. The molecule has 0 bridgehead atoms. The highest BCUT2D eigenvalue weighted by atomic mass is 32.2. The second kappa shape index (κ2) is 9.03. The van der Waals surface area contributed by atoms with Gasteiger partial charge in [-0.3, -0.25) is 4.21 Å². The van der Waals surface area contributed by atoms with Gasteiger partial charge in [0.2, 0.25) is 0 Å². The van der Waals surface area contributed by atoms with Crippen LogP contribution in [-0.2, 0) is 22.1 Å². The van der Waals surface area contributed by atoms with Gasteiger partial charge in [0.25, 0.3) is 0 Å². The maximum absolute atomic E-state index is 11.5. The fraction of sp³-hybridized carbons (Fsp3) is 0.538. The van der Waals surface area contributed by atoms with Crippen molar-refractivity contribution in [2.75, 3.05) is 31.8 Å². The lowest BCUT2D eigenvalue weighted by Crippen LogP contribution is -2.26. The van der Waals surface area contributed by atoms with Gasteiger partial charge in [-0.25, -0.2) is 0 Å². The second-order valence-corrected chi connectivity index (χ2v) is 5.70. The Morgan fingerprint density at radius 3 is 2.84 bits per heavy atom. The number of aliphatic hydroxyl groups excluding tert-OH is 1. The van der Waals surface area contributed by atoms with E-state index in [9.17, 15) is 9.32 Å². The number of rotatable bonds is 9. The van der Waals surface area contributed by atoms with E-state index in [0.717, 1.165) is 5.56 Å². The van der Waals surface area contributed by atoms with E-state index < -0.39 is 16.9 Å². The highest BCUT2D eigenvalue weighted by Crippen LogP contribution is 2.17. The molecular formula is C13H21NO4S. The van der Waals surface area contributed by atoms with Crippen LogP contribution >= 0.6 is 0 Å². The van der Waals surface area contributed by atoms with Crippen LogP contribution in [-0.4, -0.2) is 47.2 Å². The van der Waals surface area contributed by atoms with Crippen LogP contribution in [0.5, 0.6) is 5.75 Å². The van der Waals surface area contributed by atoms with Gasteiger partial charge in [0.05, 0.1) is 18.5 Å². The first-order valence-corrected chi connectivity index (χ1v) is 7.59. The van der Waals surface area contributed by atoms with Crippen LogP contribution in [0.25, 0.3) is 0 Å². The number of hydrogen-bond donors (Lipinski definition) is 2. The minimum atomic E-state index is -1.09. The zero-order valence-corrected chi connectivity index (χ0v) is 11.9. The molecule has 0 spiro atoms. The molecule has 1 aromatic rings. The van der Waals surface area contributed by atoms with Crippen molar-refractivity contribution in [2.45, 2.75) is 12.6 Å². The third kappa shape index (κ3) is 6.15. The molecule has 0 saturated heterocycles. The summed E-state index contributed by atoms with van der Waals surface area (Å²) in [5.74, 6) is 1.27. The lowest BCUT2D eigenvalue weighted by atomic mass is 10.2. The van der Waals surface area contributed by atoms with Gasteiger partial charge in [0, 0.05) is 35.8 Å². The van der Waals surface area contributed by atoms with Crippen LogP contribution < -0.4 is 10.5 Å². The Hall–Kier alpha value is -0.950. The quantitative estimate of drug-likeness (QED) is 0.682. The first kappa shape index (κ1) is 16.1. The predicted molar refractivity (Wildman–Crippen MR) is 75.6 cm³/mol. The molecule has 2 unspecified atom stereocenters. The highest BCUT2D eigenvalue weighted by Gasteiger charge is 2.11. The highest BCUT2D eigenvalue weighted by molar-refractivity contribution is 7.85. The number of ether oxygens (including phenoxy) is 2. The molecule has 2 atom stereocenters. The Morgan fingerprint density at radius 2 is 2.16 bits per heavy atom. The van der Waals surface area contributed by atoms with Crippen molar-refractivity contribution in [1.29, 1.82) is 0 Å². The number of hydrogen-bond acceptors (Lipinski definition) is 5. The number of para-hydroxylation sites is 1. The lowest BCUT2D eigenvalue weighted by Gasteiger charge is -2.14. The molecule has 0 aromatic heterocycles. The van der Waals surface area contributed by atoms with Crippen LogP contribution in [0.3, 0.4) is 0 Å². The Labute approximate surface area is 116 Å². The lowest BCUT2D eigenvalue weighted by molar-refractivity contribution is 0.125. The van der Waals surface area contributed by atoms with Gasteiger partial charge in [-0.15, -0.1) is 0 Å². The Balaban J connectivity index is 2.37. The van der Waals surface area contributed by atoms with E-state index in [0.29, 0.717) is 24.7 Å². The summed E-state index contributed by atoms with van der Waals surface area (Å²) in [4.78, 5) is 0. The summed E-state index contributed by atoms with van der Waals surface area (Å²) in [6.45, 7) is 0.915. The van der Waals surface area contributed by atoms with Crippen LogP contribution in [0.15, 0.2) is 24.3 Å². The van der Waals surface area contributed by atoms with Crippen molar-refractivity contribution in [3.05, 3.63) is 29.8 Å². The second-order valence-electron chi connectivity index (χ2n) is 4.08. The van der Waals surface area contributed by atoms with E-state index in [4.69, 9.17) is 15.2 Å². The molecule has 19 heavy (non-hydrogen) atoms. The Kier molecular flexibility index (Phi) is 7.66. The van der Waals surface area contributed by atoms with Crippen molar-refractivity contribution >= 4 is 10.8 Å². The molecule has 0 radical (unpaired) electrons. The first-order chi connectivity index (χ1) is 9.17. The number of methoxy groups -OCH3 is 1. The van der Waals surface area contributed by atoms with Crippen molar-refractivity contribution in [3.8, 4) is 5.75 Å². The van der Waals surface area contributed by atoms with Crippen molar-refractivity contribution in [2.24, 2.45) is 5.73 Å². The number of nitrogens with two attached hydrogens (primary N) is 1. The van der Waals surface area contributed by atoms with Crippen LogP contribution in [0, 0.1) is 0 Å². The van der Waals surface area contributed by atoms with Gasteiger partial charge in [-0.1, -0.05) is 18.2 Å². The van der Waals surface area contributed by atoms with Crippen LogP contribution in [0.2, 0.25) is 0 Å². The molecule has 0 aliphatic heterocycles. The van der Waals surface area contributed by atoms with E-state index in [1.165, 1.54) is 0 Å². The van der Waals surface area contributed by atoms with Crippen molar-refractivity contribution in [3.63, 3.8) is 0 Å². The smallest absolute Gasteiger partial charge is 0.123 e. The minimum absolute atomic E-state index is 0.107. The topological polar surface area (TPSA) is 81.8 Å². The molecule has 0 aliphatic rings. The standard InChI is InChI=1S/C13H21NO4S/c1-17-6-7-19(16)10-12(15)9-18-13-5-3-2-4-11(13)8-14/h2-5,12,15H,6-10,14H2,1H3. The van der Waals surface area contributed by atoms with E-state index >= 15 is 0 Å². The SMILES string of the molecule is COCCS(=O)CC(O)COc1ccccc1CN. The largest absolute Gasteiger partial charge is 0.491 e. The minimum Gasteiger partial charge on any atom is -0.491 e. The molecule has 5 nitrogen and oxygen atoms in total. The normalized spacial score (nSPS) is 14.1.